The number of pyridine rings is 1. The van der Waals surface area contributed by atoms with Crippen molar-refractivity contribution in [3.63, 3.8) is 0 Å². The van der Waals surface area contributed by atoms with Gasteiger partial charge in [0.2, 0.25) is 5.78 Å². The minimum Gasteiger partial charge on any atom is -0.406 e. The Balaban J connectivity index is 1.70. The number of benzene rings is 2. The normalized spacial score (nSPS) is 12.2. The molecule has 4 rings (SSSR count). The maximum atomic E-state index is 12.8. The van der Waals surface area contributed by atoms with Crippen LogP contribution in [0.1, 0.15) is 16.2 Å². The summed E-state index contributed by atoms with van der Waals surface area (Å²) in [6.45, 7) is 0. The summed E-state index contributed by atoms with van der Waals surface area (Å²) in [5, 5.41) is 8.25. The zero-order valence-electron chi connectivity index (χ0n) is 12.8. The Labute approximate surface area is 145 Å². The molecular weight excluding hydrogens is 338 g/mol. The van der Waals surface area contributed by atoms with Gasteiger partial charge in [0.15, 0.2) is 0 Å². The maximum Gasteiger partial charge on any atom is 0.312 e. The monoisotopic (exact) mass is 349 g/mol. The summed E-state index contributed by atoms with van der Waals surface area (Å²) < 4.78 is 18.2. The Morgan fingerprint density at radius 3 is 2.56 bits per heavy atom. The first kappa shape index (κ1) is 15.3. The van der Waals surface area contributed by atoms with E-state index < -0.39 is 16.6 Å². The third kappa shape index (κ3) is 2.85. The Kier molecular flexibility index (Phi) is 3.91. The van der Waals surface area contributed by atoms with Crippen LogP contribution in [0.3, 0.4) is 0 Å². The highest BCUT2D eigenvalue weighted by molar-refractivity contribution is 7.85. The highest BCUT2D eigenvalue weighted by atomic mass is 32.2. The van der Waals surface area contributed by atoms with Gasteiger partial charge in [0, 0.05) is 17.1 Å². The number of fused-ring (bicyclic) bond motifs is 1. The number of nitrogens with zero attached hydrogens (tertiary/aromatic N) is 3. The van der Waals surface area contributed by atoms with Crippen LogP contribution in [-0.4, -0.2) is 25.2 Å². The standard InChI is InChI=1S/C18H11N3O3S/c22-16(13-6-2-1-3-7-13)17-20-21-18(24-17)25(23)14-10-4-8-12-9-5-11-19-15(12)14/h1-11H. The molecule has 1 unspecified atom stereocenters. The predicted molar refractivity (Wildman–Crippen MR) is 90.6 cm³/mol. The van der Waals surface area contributed by atoms with Crippen molar-refractivity contribution in [2.75, 3.05) is 0 Å². The minimum absolute atomic E-state index is 0.127. The Morgan fingerprint density at radius 2 is 1.72 bits per heavy atom. The van der Waals surface area contributed by atoms with E-state index in [0.29, 0.717) is 16.0 Å². The van der Waals surface area contributed by atoms with Gasteiger partial charge in [-0.25, -0.2) is 4.21 Å². The molecule has 122 valence electrons. The number of aromatic nitrogens is 3. The average molecular weight is 349 g/mol. The number of hydrogen-bond donors (Lipinski definition) is 0. The number of rotatable bonds is 4. The fourth-order valence-corrected chi connectivity index (χ4v) is 3.42. The molecule has 0 fully saturated rings. The SMILES string of the molecule is O=C(c1ccccc1)c1nnc(S(=O)c2cccc3cccnc23)o1. The molecule has 25 heavy (non-hydrogen) atoms. The topological polar surface area (TPSA) is 86.0 Å². The van der Waals surface area contributed by atoms with Gasteiger partial charge in [-0.15, -0.1) is 5.10 Å². The molecule has 6 nitrogen and oxygen atoms in total. The summed E-state index contributed by atoms with van der Waals surface area (Å²) >= 11 is 0. The van der Waals surface area contributed by atoms with E-state index >= 15 is 0 Å². The van der Waals surface area contributed by atoms with E-state index in [1.807, 2.05) is 12.1 Å². The third-order valence-electron chi connectivity index (χ3n) is 3.59. The van der Waals surface area contributed by atoms with Gasteiger partial charge in [-0.05, 0) is 12.1 Å². The van der Waals surface area contributed by atoms with Crippen LogP contribution >= 0.6 is 0 Å². The first-order valence-corrected chi connectivity index (χ1v) is 8.58. The zero-order valence-corrected chi connectivity index (χ0v) is 13.6. The van der Waals surface area contributed by atoms with Crippen LogP contribution in [0.25, 0.3) is 10.9 Å². The third-order valence-corrected chi connectivity index (χ3v) is 4.80. The molecule has 2 heterocycles. The fourth-order valence-electron chi connectivity index (χ4n) is 2.41. The highest BCUT2D eigenvalue weighted by Gasteiger charge is 2.22. The lowest BCUT2D eigenvalue weighted by Crippen LogP contribution is -2.01. The quantitative estimate of drug-likeness (QED) is 0.527. The first-order valence-electron chi connectivity index (χ1n) is 7.43. The van der Waals surface area contributed by atoms with Crippen molar-refractivity contribution in [3.8, 4) is 0 Å². The van der Waals surface area contributed by atoms with Gasteiger partial charge in [0.25, 0.3) is 5.89 Å². The summed E-state index contributed by atoms with van der Waals surface area (Å²) in [6.07, 6.45) is 1.63. The van der Waals surface area contributed by atoms with Crippen molar-refractivity contribution in [1.82, 2.24) is 15.2 Å². The van der Waals surface area contributed by atoms with Gasteiger partial charge in [0.1, 0.15) is 10.8 Å². The molecule has 0 spiro atoms. The number of carbonyl (C=O) groups is 1. The summed E-state index contributed by atoms with van der Waals surface area (Å²) in [4.78, 5) is 17.0. The molecule has 0 aliphatic carbocycles. The first-order chi connectivity index (χ1) is 12.2. The lowest BCUT2D eigenvalue weighted by Gasteiger charge is -2.02. The van der Waals surface area contributed by atoms with Crippen LogP contribution in [0.5, 0.6) is 0 Å². The largest absolute Gasteiger partial charge is 0.406 e. The molecule has 0 saturated carbocycles. The van der Waals surface area contributed by atoms with Gasteiger partial charge in [-0.3, -0.25) is 9.78 Å². The molecule has 2 aromatic heterocycles. The van der Waals surface area contributed by atoms with Crippen molar-refractivity contribution >= 4 is 27.5 Å². The lowest BCUT2D eigenvalue weighted by atomic mass is 10.1. The second kappa shape index (κ2) is 6.37. The fraction of sp³-hybridized carbons (Fsp3) is 0. The van der Waals surface area contributed by atoms with E-state index in [0.717, 1.165) is 5.39 Å². The second-order valence-electron chi connectivity index (χ2n) is 5.17. The van der Waals surface area contributed by atoms with Crippen molar-refractivity contribution in [2.24, 2.45) is 0 Å². The van der Waals surface area contributed by atoms with Crippen molar-refractivity contribution < 1.29 is 13.4 Å². The molecule has 0 N–H and O–H groups in total. The Bertz CT molecular complexity index is 1090. The molecule has 0 amide bonds. The van der Waals surface area contributed by atoms with E-state index in [1.54, 1.807) is 54.7 Å². The molecule has 7 heteroatoms. The number of ketones is 1. The highest BCUT2D eigenvalue weighted by Crippen LogP contribution is 2.23. The molecule has 0 saturated heterocycles. The van der Waals surface area contributed by atoms with Crippen LogP contribution in [0.4, 0.5) is 0 Å². The summed E-state index contributed by atoms with van der Waals surface area (Å²) in [5.74, 6) is -0.602. The van der Waals surface area contributed by atoms with E-state index in [9.17, 15) is 9.00 Å². The Hall–Kier alpha value is -3.19. The molecule has 0 aliphatic heterocycles. The molecule has 1 atom stereocenters. The molecular formula is C18H11N3O3S. The molecule has 0 bridgehead atoms. The average Bonchev–Trinajstić information content (AvgIpc) is 3.17. The molecule has 4 aromatic rings. The minimum atomic E-state index is -1.73. The molecule has 2 aromatic carbocycles. The maximum absolute atomic E-state index is 12.8. The van der Waals surface area contributed by atoms with Gasteiger partial charge >= 0.3 is 5.22 Å². The van der Waals surface area contributed by atoms with Crippen LogP contribution < -0.4 is 0 Å². The van der Waals surface area contributed by atoms with Crippen LogP contribution in [0, 0.1) is 0 Å². The number of hydrogen-bond acceptors (Lipinski definition) is 6. The number of carbonyl (C=O) groups excluding carboxylic acids is 1. The van der Waals surface area contributed by atoms with E-state index in [2.05, 4.69) is 15.2 Å². The predicted octanol–water partition coefficient (Wildman–Crippen LogP) is 3.02. The lowest BCUT2D eigenvalue weighted by molar-refractivity contribution is 0.0998. The van der Waals surface area contributed by atoms with Crippen LogP contribution in [-0.2, 0) is 10.8 Å². The van der Waals surface area contributed by atoms with Gasteiger partial charge in [-0.1, -0.05) is 53.6 Å². The Morgan fingerprint density at radius 1 is 0.920 bits per heavy atom. The van der Waals surface area contributed by atoms with E-state index in [-0.39, 0.29) is 11.1 Å². The van der Waals surface area contributed by atoms with E-state index in [4.69, 9.17) is 4.42 Å². The summed E-state index contributed by atoms with van der Waals surface area (Å²) in [5.41, 5.74) is 1.02. The van der Waals surface area contributed by atoms with Crippen LogP contribution in [0.2, 0.25) is 0 Å². The van der Waals surface area contributed by atoms with Crippen molar-refractivity contribution in [2.45, 2.75) is 10.1 Å². The van der Waals surface area contributed by atoms with Gasteiger partial charge in [-0.2, -0.15) is 0 Å². The number of para-hydroxylation sites is 1. The van der Waals surface area contributed by atoms with E-state index in [1.165, 1.54) is 0 Å². The summed E-state index contributed by atoms with van der Waals surface area (Å²) in [7, 11) is -1.73. The van der Waals surface area contributed by atoms with Crippen LogP contribution in [0.15, 0.2) is 81.4 Å². The molecule has 0 radical (unpaired) electrons. The van der Waals surface area contributed by atoms with Crippen molar-refractivity contribution in [3.05, 3.63) is 78.3 Å². The zero-order chi connectivity index (χ0) is 17.2. The van der Waals surface area contributed by atoms with Gasteiger partial charge in [0.05, 0.1) is 10.4 Å². The summed E-state index contributed by atoms with van der Waals surface area (Å²) in [6, 6.07) is 17.6. The van der Waals surface area contributed by atoms with Gasteiger partial charge < -0.3 is 4.42 Å². The smallest absolute Gasteiger partial charge is 0.312 e. The molecule has 0 aliphatic rings. The second-order valence-corrected chi connectivity index (χ2v) is 6.49. The van der Waals surface area contributed by atoms with Crippen molar-refractivity contribution in [1.29, 1.82) is 0 Å².